The van der Waals surface area contributed by atoms with Crippen molar-refractivity contribution >= 4 is 23.0 Å². The number of methoxy groups -OCH3 is 1. The summed E-state index contributed by atoms with van der Waals surface area (Å²) in [6.45, 7) is 1.32. The fourth-order valence-corrected chi connectivity index (χ4v) is 3.05. The summed E-state index contributed by atoms with van der Waals surface area (Å²) in [4.78, 5) is 12.9. The molecule has 0 aromatic heterocycles. The van der Waals surface area contributed by atoms with Crippen molar-refractivity contribution < 1.29 is 9.66 Å². The number of nitro groups is 1. The highest BCUT2D eigenvalue weighted by atomic mass is 35.5. The molecular formula is C16H15ClN2O3. The fraction of sp³-hybridized carbons (Fsp3) is 0.250. The van der Waals surface area contributed by atoms with Gasteiger partial charge in [-0.3, -0.25) is 10.1 Å². The Bertz CT molecular complexity index is 733. The molecule has 2 aromatic rings. The van der Waals surface area contributed by atoms with E-state index in [2.05, 4.69) is 0 Å². The van der Waals surface area contributed by atoms with Gasteiger partial charge in [0, 0.05) is 29.7 Å². The van der Waals surface area contributed by atoms with Crippen LogP contribution in [0.5, 0.6) is 5.75 Å². The average Bonchev–Trinajstić information content (AvgIpc) is 2.53. The minimum atomic E-state index is -0.387. The highest BCUT2D eigenvalue weighted by Gasteiger charge is 2.25. The molecule has 0 amide bonds. The lowest BCUT2D eigenvalue weighted by Crippen LogP contribution is -2.31. The number of fused-ring (bicyclic) bond motifs is 1. The van der Waals surface area contributed by atoms with Crippen molar-refractivity contribution in [3.05, 3.63) is 62.7 Å². The van der Waals surface area contributed by atoms with E-state index in [1.807, 2.05) is 23.1 Å². The van der Waals surface area contributed by atoms with Gasteiger partial charge >= 0.3 is 0 Å². The van der Waals surface area contributed by atoms with Gasteiger partial charge in [0.1, 0.15) is 11.4 Å². The quantitative estimate of drug-likeness (QED) is 0.637. The molecule has 1 aliphatic heterocycles. The van der Waals surface area contributed by atoms with Crippen molar-refractivity contribution in [2.24, 2.45) is 0 Å². The lowest BCUT2D eigenvalue weighted by Gasteiger charge is -2.31. The monoisotopic (exact) mass is 318 g/mol. The number of ether oxygens (including phenoxy) is 1. The molecule has 3 rings (SSSR count). The Morgan fingerprint density at radius 1 is 1.32 bits per heavy atom. The van der Waals surface area contributed by atoms with E-state index in [1.165, 1.54) is 11.6 Å². The summed E-state index contributed by atoms with van der Waals surface area (Å²) in [5.74, 6) is 0.878. The van der Waals surface area contributed by atoms with Crippen LogP contribution >= 0.6 is 11.6 Å². The fourth-order valence-electron chi connectivity index (χ4n) is 2.88. The molecule has 0 unspecified atom stereocenters. The number of hydrogen-bond acceptors (Lipinski definition) is 4. The zero-order valence-electron chi connectivity index (χ0n) is 12.1. The summed E-state index contributed by atoms with van der Waals surface area (Å²) in [5.41, 5.74) is 2.95. The van der Waals surface area contributed by atoms with E-state index >= 15 is 0 Å². The van der Waals surface area contributed by atoms with E-state index in [0.29, 0.717) is 23.8 Å². The van der Waals surface area contributed by atoms with E-state index in [1.54, 1.807) is 19.2 Å². The Morgan fingerprint density at radius 2 is 2.14 bits per heavy atom. The highest BCUT2D eigenvalue weighted by molar-refractivity contribution is 6.30. The topological polar surface area (TPSA) is 55.6 Å². The molecule has 22 heavy (non-hydrogen) atoms. The van der Waals surface area contributed by atoms with Gasteiger partial charge < -0.3 is 9.64 Å². The molecule has 0 atom stereocenters. The molecule has 0 bridgehead atoms. The molecule has 0 aliphatic carbocycles. The second-order valence-corrected chi connectivity index (χ2v) is 5.60. The third-order valence-electron chi connectivity index (χ3n) is 3.92. The van der Waals surface area contributed by atoms with Crippen LogP contribution in [-0.4, -0.2) is 18.6 Å². The molecule has 1 aliphatic rings. The maximum atomic E-state index is 11.3. The summed E-state index contributed by atoms with van der Waals surface area (Å²) in [6, 6.07) is 10.7. The zero-order valence-corrected chi connectivity index (χ0v) is 12.8. The van der Waals surface area contributed by atoms with Gasteiger partial charge in [-0.1, -0.05) is 23.7 Å². The van der Waals surface area contributed by atoms with Crippen LogP contribution in [0.25, 0.3) is 0 Å². The lowest BCUT2D eigenvalue weighted by atomic mass is 9.98. The standard InChI is InChI=1S/C16H15ClN2O3/c1-22-16-4-2-3-11-10-18(8-7-13(11)16)14-6-5-12(17)9-15(14)19(20)21/h2-6,9H,7-8,10H2,1H3. The molecule has 0 fully saturated rings. The van der Waals surface area contributed by atoms with Crippen molar-refractivity contribution in [2.45, 2.75) is 13.0 Å². The number of hydrogen-bond donors (Lipinski definition) is 0. The SMILES string of the molecule is COc1cccc2c1CCN(c1ccc(Cl)cc1[N+](=O)[O-])C2. The number of nitrogens with zero attached hydrogens (tertiary/aromatic N) is 2. The largest absolute Gasteiger partial charge is 0.496 e. The smallest absolute Gasteiger partial charge is 0.294 e. The third-order valence-corrected chi connectivity index (χ3v) is 4.15. The Kier molecular flexibility index (Phi) is 3.90. The Morgan fingerprint density at radius 3 is 2.86 bits per heavy atom. The van der Waals surface area contributed by atoms with Gasteiger partial charge in [0.2, 0.25) is 0 Å². The molecular weight excluding hydrogens is 304 g/mol. The van der Waals surface area contributed by atoms with Crippen LogP contribution in [0.3, 0.4) is 0 Å². The molecule has 1 heterocycles. The molecule has 114 valence electrons. The first-order valence-corrected chi connectivity index (χ1v) is 7.31. The molecule has 0 saturated carbocycles. The molecule has 0 saturated heterocycles. The second-order valence-electron chi connectivity index (χ2n) is 5.16. The first kappa shape index (κ1) is 14.7. The van der Waals surface area contributed by atoms with Gasteiger partial charge in [0.05, 0.1) is 12.0 Å². The van der Waals surface area contributed by atoms with Crippen LogP contribution in [-0.2, 0) is 13.0 Å². The van der Waals surface area contributed by atoms with Crippen molar-refractivity contribution in [1.29, 1.82) is 0 Å². The molecule has 0 N–H and O–H groups in total. The summed E-state index contributed by atoms with van der Waals surface area (Å²) >= 11 is 5.88. The molecule has 0 radical (unpaired) electrons. The van der Waals surface area contributed by atoms with E-state index in [-0.39, 0.29) is 10.6 Å². The molecule has 2 aromatic carbocycles. The van der Waals surface area contributed by atoms with Crippen LogP contribution < -0.4 is 9.64 Å². The first-order valence-electron chi connectivity index (χ1n) is 6.94. The summed E-state index contributed by atoms with van der Waals surface area (Å²) in [5, 5.41) is 11.6. The Hall–Kier alpha value is -2.27. The minimum Gasteiger partial charge on any atom is -0.496 e. The van der Waals surface area contributed by atoms with Gasteiger partial charge in [0.25, 0.3) is 5.69 Å². The van der Waals surface area contributed by atoms with Crippen LogP contribution in [0.15, 0.2) is 36.4 Å². The number of nitro benzene ring substituents is 1. The van der Waals surface area contributed by atoms with Gasteiger partial charge in [-0.15, -0.1) is 0 Å². The minimum absolute atomic E-state index is 0.0406. The molecule has 0 spiro atoms. The van der Waals surface area contributed by atoms with E-state index in [4.69, 9.17) is 16.3 Å². The first-order chi connectivity index (χ1) is 10.6. The molecule has 6 heteroatoms. The van der Waals surface area contributed by atoms with Crippen molar-refractivity contribution in [2.75, 3.05) is 18.6 Å². The normalized spacial score (nSPS) is 13.6. The summed E-state index contributed by atoms with van der Waals surface area (Å²) in [6.07, 6.45) is 0.791. The van der Waals surface area contributed by atoms with Crippen LogP contribution in [0.2, 0.25) is 5.02 Å². The van der Waals surface area contributed by atoms with Gasteiger partial charge in [-0.05, 0) is 30.2 Å². The lowest BCUT2D eigenvalue weighted by molar-refractivity contribution is -0.384. The van der Waals surface area contributed by atoms with Crippen LogP contribution in [0.1, 0.15) is 11.1 Å². The maximum Gasteiger partial charge on any atom is 0.294 e. The van der Waals surface area contributed by atoms with Crippen molar-refractivity contribution in [3.8, 4) is 5.75 Å². The van der Waals surface area contributed by atoms with Gasteiger partial charge in [-0.25, -0.2) is 0 Å². The summed E-state index contributed by atoms with van der Waals surface area (Å²) in [7, 11) is 1.66. The highest BCUT2D eigenvalue weighted by Crippen LogP contribution is 2.35. The number of rotatable bonds is 3. The Balaban J connectivity index is 1.97. The predicted octanol–water partition coefficient (Wildman–Crippen LogP) is 3.82. The maximum absolute atomic E-state index is 11.3. The van der Waals surface area contributed by atoms with Gasteiger partial charge in [0.15, 0.2) is 0 Å². The Labute approximate surface area is 133 Å². The molecule has 5 nitrogen and oxygen atoms in total. The van der Waals surface area contributed by atoms with E-state index < -0.39 is 0 Å². The number of halogens is 1. The zero-order chi connectivity index (χ0) is 15.7. The predicted molar refractivity (Wildman–Crippen MR) is 85.9 cm³/mol. The van der Waals surface area contributed by atoms with Crippen molar-refractivity contribution in [1.82, 2.24) is 0 Å². The van der Waals surface area contributed by atoms with Crippen molar-refractivity contribution in [3.63, 3.8) is 0 Å². The van der Waals surface area contributed by atoms with Gasteiger partial charge in [-0.2, -0.15) is 0 Å². The number of anilines is 1. The summed E-state index contributed by atoms with van der Waals surface area (Å²) < 4.78 is 5.39. The van der Waals surface area contributed by atoms with E-state index in [9.17, 15) is 10.1 Å². The van der Waals surface area contributed by atoms with Crippen LogP contribution in [0.4, 0.5) is 11.4 Å². The van der Waals surface area contributed by atoms with E-state index in [0.717, 1.165) is 17.7 Å². The third kappa shape index (κ3) is 2.60. The average molecular weight is 319 g/mol. The second kappa shape index (κ2) is 5.85. The number of benzene rings is 2. The van der Waals surface area contributed by atoms with Crippen LogP contribution in [0, 0.1) is 10.1 Å².